The number of halogens is 1. The maximum Gasteiger partial charge on any atom is 0.146 e. The van der Waals surface area contributed by atoms with Crippen molar-refractivity contribution in [2.75, 3.05) is 32.1 Å². The van der Waals surface area contributed by atoms with Crippen LogP contribution in [0.25, 0.3) is 0 Å². The van der Waals surface area contributed by atoms with Crippen molar-refractivity contribution in [1.82, 2.24) is 10.2 Å². The summed E-state index contributed by atoms with van der Waals surface area (Å²) in [6.07, 6.45) is 4.83. The molecule has 0 aromatic heterocycles. The van der Waals surface area contributed by atoms with Gasteiger partial charge in [-0.1, -0.05) is 12.1 Å². The van der Waals surface area contributed by atoms with Crippen LogP contribution in [-0.2, 0) is 6.54 Å². The van der Waals surface area contributed by atoms with Crippen molar-refractivity contribution >= 4 is 5.69 Å². The average Bonchev–Trinajstić information content (AvgIpc) is 3.16. The largest absolute Gasteiger partial charge is 0.365 e. The van der Waals surface area contributed by atoms with E-state index in [2.05, 4.69) is 35.3 Å². The van der Waals surface area contributed by atoms with Crippen molar-refractivity contribution in [2.45, 2.75) is 44.3 Å². The molecule has 1 saturated heterocycles. The fourth-order valence-corrected chi connectivity index (χ4v) is 3.31. The lowest BCUT2D eigenvalue weighted by Gasteiger charge is -2.31. The molecule has 1 atom stereocenters. The standard InChI is InChI=1S/C17H26FN3/c1-20(2)12-15-6-4-10-21(15)17-13(5-3-7-16(17)18)11-19-14-8-9-14/h3,5,7,14-15,19H,4,6,8-12H2,1-2H3. The van der Waals surface area contributed by atoms with Crippen molar-refractivity contribution in [3.8, 4) is 0 Å². The van der Waals surface area contributed by atoms with Gasteiger partial charge in [0.2, 0.25) is 0 Å². The highest BCUT2D eigenvalue weighted by Gasteiger charge is 2.29. The fourth-order valence-electron chi connectivity index (χ4n) is 3.31. The van der Waals surface area contributed by atoms with E-state index in [0.717, 1.165) is 43.7 Å². The predicted octanol–water partition coefficient (Wildman–Crippen LogP) is 2.61. The second-order valence-corrected chi connectivity index (χ2v) is 6.65. The van der Waals surface area contributed by atoms with E-state index in [1.807, 2.05) is 6.07 Å². The Hall–Kier alpha value is -1.13. The Morgan fingerprint density at radius 2 is 2.10 bits per heavy atom. The molecule has 116 valence electrons. The van der Waals surface area contributed by atoms with Gasteiger partial charge >= 0.3 is 0 Å². The Balaban J connectivity index is 1.81. The third-order valence-corrected chi connectivity index (χ3v) is 4.47. The van der Waals surface area contributed by atoms with Gasteiger partial charge in [-0.2, -0.15) is 0 Å². The highest BCUT2D eigenvalue weighted by molar-refractivity contribution is 5.56. The van der Waals surface area contributed by atoms with Crippen LogP contribution in [0, 0.1) is 5.82 Å². The third-order valence-electron chi connectivity index (χ3n) is 4.47. The molecule has 1 heterocycles. The van der Waals surface area contributed by atoms with Gasteiger partial charge in [0.25, 0.3) is 0 Å². The Morgan fingerprint density at radius 3 is 2.81 bits per heavy atom. The zero-order chi connectivity index (χ0) is 14.8. The van der Waals surface area contributed by atoms with Gasteiger partial charge in [-0.15, -0.1) is 0 Å². The van der Waals surface area contributed by atoms with Gasteiger partial charge in [-0.05, 0) is 51.4 Å². The third kappa shape index (κ3) is 3.55. The summed E-state index contributed by atoms with van der Waals surface area (Å²) in [5.41, 5.74) is 1.93. The van der Waals surface area contributed by atoms with Crippen LogP contribution in [0.1, 0.15) is 31.2 Å². The number of hydrogen-bond donors (Lipinski definition) is 1. The average molecular weight is 291 g/mol. The van der Waals surface area contributed by atoms with E-state index in [1.165, 1.54) is 12.8 Å². The summed E-state index contributed by atoms with van der Waals surface area (Å²) in [5.74, 6) is -0.0734. The summed E-state index contributed by atoms with van der Waals surface area (Å²) in [6, 6.07) is 6.58. The van der Waals surface area contributed by atoms with Crippen LogP contribution in [0.5, 0.6) is 0 Å². The minimum absolute atomic E-state index is 0.0734. The summed E-state index contributed by atoms with van der Waals surface area (Å²) < 4.78 is 14.5. The number of rotatable bonds is 6. The van der Waals surface area contributed by atoms with Crippen LogP contribution in [0.3, 0.4) is 0 Å². The van der Waals surface area contributed by atoms with E-state index in [4.69, 9.17) is 0 Å². The van der Waals surface area contributed by atoms with Crippen LogP contribution < -0.4 is 10.2 Å². The molecule has 3 nitrogen and oxygen atoms in total. The van der Waals surface area contributed by atoms with Gasteiger partial charge in [0, 0.05) is 31.7 Å². The molecule has 1 N–H and O–H groups in total. The lowest BCUT2D eigenvalue weighted by molar-refractivity contribution is 0.371. The van der Waals surface area contributed by atoms with Crippen molar-refractivity contribution in [3.05, 3.63) is 29.6 Å². The predicted molar refractivity (Wildman–Crippen MR) is 85.2 cm³/mol. The van der Waals surface area contributed by atoms with Crippen LogP contribution in [0.15, 0.2) is 18.2 Å². The summed E-state index contributed by atoms with van der Waals surface area (Å²) >= 11 is 0. The normalized spacial score (nSPS) is 22.3. The van der Waals surface area contributed by atoms with Crippen molar-refractivity contribution < 1.29 is 4.39 Å². The van der Waals surface area contributed by atoms with E-state index in [0.29, 0.717) is 12.1 Å². The van der Waals surface area contributed by atoms with Crippen LogP contribution >= 0.6 is 0 Å². The zero-order valence-corrected chi connectivity index (χ0v) is 13.1. The minimum Gasteiger partial charge on any atom is -0.365 e. The Labute approximate surface area is 127 Å². The highest BCUT2D eigenvalue weighted by Crippen LogP contribution is 2.32. The first-order valence-corrected chi connectivity index (χ1v) is 8.07. The highest BCUT2D eigenvalue weighted by atomic mass is 19.1. The first-order valence-electron chi connectivity index (χ1n) is 8.07. The zero-order valence-electron chi connectivity index (χ0n) is 13.1. The molecule has 1 aliphatic heterocycles. The van der Waals surface area contributed by atoms with Gasteiger partial charge in [-0.3, -0.25) is 0 Å². The second-order valence-electron chi connectivity index (χ2n) is 6.65. The molecule has 4 heteroatoms. The van der Waals surface area contributed by atoms with Gasteiger partial charge in [-0.25, -0.2) is 4.39 Å². The Kier molecular flexibility index (Phi) is 4.45. The lowest BCUT2D eigenvalue weighted by atomic mass is 10.1. The molecule has 1 saturated carbocycles. The van der Waals surface area contributed by atoms with Gasteiger partial charge in [0.1, 0.15) is 5.82 Å². The molecule has 2 aliphatic rings. The smallest absolute Gasteiger partial charge is 0.146 e. The van der Waals surface area contributed by atoms with Crippen molar-refractivity contribution in [2.24, 2.45) is 0 Å². The molecule has 0 radical (unpaired) electrons. The Morgan fingerprint density at radius 1 is 1.29 bits per heavy atom. The second kappa shape index (κ2) is 6.32. The SMILES string of the molecule is CN(C)CC1CCCN1c1c(F)cccc1CNC1CC1. The fraction of sp³-hybridized carbons (Fsp3) is 0.647. The number of anilines is 1. The quantitative estimate of drug-likeness (QED) is 0.869. The summed E-state index contributed by atoms with van der Waals surface area (Å²) in [4.78, 5) is 4.49. The number of likely N-dealkylation sites (N-methyl/N-ethyl adjacent to an activating group) is 1. The van der Waals surface area contributed by atoms with Crippen LogP contribution in [-0.4, -0.2) is 44.2 Å². The molecule has 0 spiro atoms. The van der Waals surface area contributed by atoms with Crippen LogP contribution in [0.2, 0.25) is 0 Å². The number of para-hydroxylation sites is 1. The molecular formula is C17H26FN3. The minimum atomic E-state index is -0.0734. The van der Waals surface area contributed by atoms with E-state index in [1.54, 1.807) is 6.07 Å². The van der Waals surface area contributed by atoms with Crippen molar-refractivity contribution in [1.29, 1.82) is 0 Å². The number of nitrogens with one attached hydrogen (secondary N) is 1. The number of hydrogen-bond acceptors (Lipinski definition) is 3. The van der Waals surface area contributed by atoms with E-state index < -0.39 is 0 Å². The van der Waals surface area contributed by atoms with Gasteiger partial charge < -0.3 is 15.1 Å². The molecule has 1 unspecified atom stereocenters. The topological polar surface area (TPSA) is 18.5 Å². The number of nitrogens with zero attached hydrogens (tertiary/aromatic N) is 2. The monoisotopic (exact) mass is 291 g/mol. The molecule has 0 amide bonds. The summed E-state index contributed by atoms with van der Waals surface area (Å²) in [7, 11) is 4.18. The molecule has 2 fully saturated rings. The van der Waals surface area contributed by atoms with Gasteiger partial charge in [0.15, 0.2) is 0 Å². The summed E-state index contributed by atoms with van der Waals surface area (Å²) in [6.45, 7) is 2.74. The molecule has 0 bridgehead atoms. The molecule has 3 rings (SSSR count). The summed E-state index contributed by atoms with van der Waals surface area (Å²) in [5, 5.41) is 3.52. The molecular weight excluding hydrogens is 265 g/mol. The van der Waals surface area contributed by atoms with Crippen molar-refractivity contribution in [3.63, 3.8) is 0 Å². The first-order chi connectivity index (χ1) is 10.1. The lowest BCUT2D eigenvalue weighted by Crippen LogP contribution is -2.38. The molecule has 1 aliphatic carbocycles. The molecule has 1 aromatic carbocycles. The van der Waals surface area contributed by atoms with Crippen LogP contribution in [0.4, 0.5) is 10.1 Å². The van der Waals surface area contributed by atoms with Gasteiger partial charge in [0.05, 0.1) is 5.69 Å². The number of benzene rings is 1. The van der Waals surface area contributed by atoms with E-state index >= 15 is 0 Å². The molecule has 21 heavy (non-hydrogen) atoms. The Bertz CT molecular complexity index is 485. The molecule has 1 aromatic rings. The maximum atomic E-state index is 14.5. The van der Waals surface area contributed by atoms with E-state index in [-0.39, 0.29) is 5.82 Å². The van der Waals surface area contributed by atoms with E-state index in [9.17, 15) is 4.39 Å². The maximum absolute atomic E-state index is 14.5. The first kappa shape index (κ1) is 14.8.